The fourth-order valence-corrected chi connectivity index (χ4v) is 3.57. The molecule has 5 nitrogen and oxygen atoms in total. The Labute approximate surface area is 166 Å². The molecular formula is C20H17Cl2N3O2. The number of pyridine rings is 1. The second kappa shape index (κ2) is 7.99. The molecule has 1 N–H and O–H groups in total. The zero-order chi connectivity index (χ0) is 19.6. The fraction of sp³-hybridized carbons (Fsp3) is 0.250. The number of benzene rings is 1. The van der Waals surface area contributed by atoms with Crippen LogP contribution in [0.15, 0.2) is 24.4 Å². The van der Waals surface area contributed by atoms with E-state index in [-0.39, 0.29) is 17.3 Å². The summed E-state index contributed by atoms with van der Waals surface area (Å²) in [6, 6.07) is 7.91. The van der Waals surface area contributed by atoms with Crippen molar-refractivity contribution in [1.29, 1.82) is 5.26 Å². The van der Waals surface area contributed by atoms with Gasteiger partial charge in [-0.2, -0.15) is 5.26 Å². The molecule has 0 saturated heterocycles. The van der Waals surface area contributed by atoms with Gasteiger partial charge in [-0.1, -0.05) is 30.1 Å². The van der Waals surface area contributed by atoms with Crippen molar-refractivity contribution in [2.45, 2.75) is 26.7 Å². The van der Waals surface area contributed by atoms with Crippen LogP contribution in [0.4, 0.5) is 0 Å². The van der Waals surface area contributed by atoms with Crippen molar-refractivity contribution in [2.24, 2.45) is 0 Å². The van der Waals surface area contributed by atoms with E-state index in [1.165, 1.54) is 6.20 Å². The molecular weight excluding hydrogens is 385 g/mol. The predicted octanol–water partition coefficient (Wildman–Crippen LogP) is 5.07. The van der Waals surface area contributed by atoms with Crippen LogP contribution in [0.1, 0.15) is 46.7 Å². The summed E-state index contributed by atoms with van der Waals surface area (Å²) >= 11 is 12.7. The van der Waals surface area contributed by atoms with Crippen LogP contribution in [0, 0.1) is 11.3 Å². The van der Waals surface area contributed by atoms with Gasteiger partial charge < -0.3 is 9.72 Å². The largest absolute Gasteiger partial charge is 0.461 e. The Balaban J connectivity index is 2.04. The number of nitrogens with zero attached hydrogens (tertiary/aromatic N) is 2. The number of nitrogens with one attached hydrogen (secondary N) is 1. The third-order valence-electron chi connectivity index (χ3n) is 4.29. The third-order valence-corrected chi connectivity index (χ3v) is 5.03. The van der Waals surface area contributed by atoms with Crippen molar-refractivity contribution in [2.75, 3.05) is 6.61 Å². The Morgan fingerprint density at radius 2 is 2.07 bits per heavy atom. The van der Waals surface area contributed by atoms with Gasteiger partial charge >= 0.3 is 5.97 Å². The zero-order valence-electron chi connectivity index (χ0n) is 14.9. The molecule has 1 aromatic carbocycles. The molecule has 0 fully saturated rings. The number of fused-ring (bicyclic) bond motifs is 1. The number of esters is 1. The summed E-state index contributed by atoms with van der Waals surface area (Å²) in [5, 5.41) is 10.8. The number of hydrogen-bond donors (Lipinski definition) is 1. The number of hydrogen-bond acceptors (Lipinski definition) is 4. The quantitative estimate of drug-likeness (QED) is 0.605. The molecule has 2 aromatic heterocycles. The molecule has 27 heavy (non-hydrogen) atoms. The van der Waals surface area contributed by atoms with Crippen molar-refractivity contribution >= 4 is 40.1 Å². The van der Waals surface area contributed by atoms with Crippen molar-refractivity contribution in [3.63, 3.8) is 0 Å². The lowest BCUT2D eigenvalue weighted by Crippen LogP contribution is -2.09. The molecule has 0 bridgehead atoms. The topological polar surface area (TPSA) is 78.8 Å². The maximum atomic E-state index is 12.0. The van der Waals surface area contributed by atoms with Gasteiger partial charge in [-0.25, -0.2) is 9.78 Å². The summed E-state index contributed by atoms with van der Waals surface area (Å²) < 4.78 is 4.99. The molecule has 0 saturated carbocycles. The minimum Gasteiger partial charge on any atom is -0.461 e. The van der Waals surface area contributed by atoms with Crippen LogP contribution >= 0.6 is 23.2 Å². The lowest BCUT2D eigenvalue weighted by Gasteiger charge is -2.09. The van der Waals surface area contributed by atoms with Crippen LogP contribution in [-0.2, 0) is 17.6 Å². The van der Waals surface area contributed by atoms with Gasteiger partial charge in [0.2, 0.25) is 0 Å². The highest BCUT2D eigenvalue weighted by Crippen LogP contribution is 2.31. The molecule has 0 amide bonds. The number of carbonyl (C=O) groups is 1. The second-order valence-corrected chi connectivity index (χ2v) is 6.79. The monoisotopic (exact) mass is 401 g/mol. The van der Waals surface area contributed by atoms with Crippen LogP contribution in [0.2, 0.25) is 10.0 Å². The maximum Gasteiger partial charge on any atom is 0.358 e. The molecule has 0 spiro atoms. The number of aromatic nitrogens is 2. The first-order valence-corrected chi connectivity index (χ1v) is 9.28. The molecule has 7 heteroatoms. The van der Waals surface area contributed by atoms with Gasteiger partial charge in [0.1, 0.15) is 0 Å². The minimum atomic E-state index is -0.580. The Hall–Kier alpha value is -2.55. The van der Waals surface area contributed by atoms with Crippen LogP contribution in [0.3, 0.4) is 0 Å². The van der Waals surface area contributed by atoms with E-state index in [4.69, 9.17) is 27.9 Å². The Morgan fingerprint density at radius 3 is 2.74 bits per heavy atom. The highest BCUT2D eigenvalue weighted by Gasteiger charge is 2.20. The van der Waals surface area contributed by atoms with E-state index in [0.717, 1.165) is 28.6 Å². The Morgan fingerprint density at radius 1 is 1.30 bits per heavy atom. The molecule has 138 valence electrons. The van der Waals surface area contributed by atoms with Crippen LogP contribution in [0.25, 0.3) is 10.9 Å². The van der Waals surface area contributed by atoms with Crippen molar-refractivity contribution in [3.8, 4) is 6.07 Å². The number of rotatable bonds is 5. The summed E-state index contributed by atoms with van der Waals surface area (Å²) in [5.41, 5.74) is 4.10. The molecule has 0 aliphatic rings. The molecule has 0 unspecified atom stereocenters. The molecule has 3 rings (SSSR count). The van der Waals surface area contributed by atoms with Crippen LogP contribution in [-0.4, -0.2) is 22.5 Å². The summed E-state index contributed by atoms with van der Waals surface area (Å²) in [7, 11) is 0. The molecule has 3 aromatic rings. The van der Waals surface area contributed by atoms with Gasteiger partial charge in [0.05, 0.1) is 28.3 Å². The van der Waals surface area contributed by atoms with E-state index >= 15 is 0 Å². The zero-order valence-corrected chi connectivity index (χ0v) is 16.4. The molecule has 0 radical (unpaired) electrons. The van der Waals surface area contributed by atoms with E-state index in [2.05, 4.69) is 16.0 Å². The lowest BCUT2D eigenvalue weighted by atomic mass is 10.0. The van der Waals surface area contributed by atoms with E-state index in [1.54, 1.807) is 6.92 Å². The predicted molar refractivity (Wildman–Crippen MR) is 105 cm³/mol. The number of nitriles is 1. The van der Waals surface area contributed by atoms with Gasteiger partial charge in [-0.15, -0.1) is 0 Å². The molecule has 0 aliphatic heterocycles. The third kappa shape index (κ3) is 3.78. The summed E-state index contributed by atoms with van der Waals surface area (Å²) in [6.45, 7) is 4.00. The van der Waals surface area contributed by atoms with Crippen molar-refractivity contribution in [3.05, 3.63) is 62.5 Å². The fourth-order valence-electron chi connectivity index (χ4n) is 3.02. The van der Waals surface area contributed by atoms with E-state index in [1.807, 2.05) is 25.1 Å². The Kier molecular flexibility index (Phi) is 5.69. The SMILES string of the molecule is CCOC(=O)c1ncc(Cl)c(Cc2cc3c(CC)cc(C#N)cc3[nH]2)c1Cl. The first-order valence-electron chi connectivity index (χ1n) is 8.53. The second-order valence-electron chi connectivity index (χ2n) is 6.00. The van der Waals surface area contributed by atoms with E-state index in [9.17, 15) is 10.1 Å². The number of aryl methyl sites for hydroxylation is 1. The smallest absolute Gasteiger partial charge is 0.358 e. The summed E-state index contributed by atoms with van der Waals surface area (Å²) in [4.78, 5) is 19.3. The van der Waals surface area contributed by atoms with Gasteiger partial charge in [-0.05, 0) is 42.7 Å². The number of aromatic amines is 1. The maximum absolute atomic E-state index is 12.0. The molecule has 0 atom stereocenters. The normalized spacial score (nSPS) is 10.8. The molecule has 2 heterocycles. The highest BCUT2D eigenvalue weighted by molar-refractivity contribution is 6.37. The van der Waals surface area contributed by atoms with Gasteiger partial charge in [0, 0.05) is 29.2 Å². The summed E-state index contributed by atoms with van der Waals surface area (Å²) in [5.74, 6) is -0.580. The van der Waals surface area contributed by atoms with Crippen molar-refractivity contribution in [1.82, 2.24) is 9.97 Å². The van der Waals surface area contributed by atoms with Gasteiger partial charge in [0.25, 0.3) is 0 Å². The average Bonchev–Trinajstić information content (AvgIpc) is 3.06. The van der Waals surface area contributed by atoms with Gasteiger partial charge in [0.15, 0.2) is 5.69 Å². The number of H-pyrrole nitrogens is 1. The van der Waals surface area contributed by atoms with Crippen LogP contribution in [0.5, 0.6) is 0 Å². The minimum absolute atomic E-state index is 0.0510. The van der Waals surface area contributed by atoms with E-state index in [0.29, 0.717) is 22.6 Å². The Bertz CT molecular complexity index is 1070. The first-order chi connectivity index (χ1) is 13.0. The summed E-state index contributed by atoms with van der Waals surface area (Å²) in [6.07, 6.45) is 2.61. The standard InChI is InChI=1S/C20H17Cl2N3O2/c1-3-12-5-11(9-23)6-17-14(12)7-13(25-17)8-15-16(21)10-24-19(18(15)22)20(26)27-4-2/h5-7,10,25H,3-4,8H2,1-2H3. The molecule has 0 aliphatic carbocycles. The number of halogens is 2. The van der Waals surface area contributed by atoms with Gasteiger partial charge in [-0.3, -0.25) is 0 Å². The van der Waals surface area contributed by atoms with Crippen molar-refractivity contribution < 1.29 is 9.53 Å². The highest BCUT2D eigenvalue weighted by atomic mass is 35.5. The average molecular weight is 402 g/mol. The van der Waals surface area contributed by atoms with E-state index < -0.39 is 5.97 Å². The van der Waals surface area contributed by atoms with Crippen LogP contribution < -0.4 is 0 Å². The lowest BCUT2D eigenvalue weighted by molar-refractivity contribution is 0.0519. The first kappa shape index (κ1) is 19.2. The number of carbonyl (C=O) groups excluding carboxylic acids is 1. The number of ether oxygens (including phenoxy) is 1.